The fourth-order valence-corrected chi connectivity index (χ4v) is 3.73. The molecular formula is C14H21FN2O2S. The van der Waals surface area contributed by atoms with Crippen molar-refractivity contribution in [2.75, 3.05) is 19.6 Å². The van der Waals surface area contributed by atoms with E-state index in [1.165, 1.54) is 6.07 Å². The van der Waals surface area contributed by atoms with Crippen LogP contribution in [0.5, 0.6) is 0 Å². The highest BCUT2D eigenvalue weighted by Gasteiger charge is 2.29. The van der Waals surface area contributed by atoms with E-state index in [9.17, 15) is 12.8 Å². The average molecular weight is 300 g/mol. The zero-order chi connectivity index (χ0) is 14.8. The average Bonchev–Trinajstić information content (AvgIpc) is 2.41. The second kappa shape index (κ2) is 5.79. The summed E-state index contributed by atoms with van der Waals surface area (Å²) >= 11 is 0. The summed E-state index contributed by atoms with van der Waals surface area (Å²) in [5.74, 6) is -0.671. The highest BCUT2D eigenvalue weighted by molar-refractivity contribution is 7.89. The lowest BCUT2D eigenvalue weighted by molar-refractivity contribution is 0.232. The summed E-state index contributed by atoms with van der Waals surface area (Å²) in [6.45, 7) is 5.73. The fraction of sp³-hybridized carbons (Fsp3) is 0.571. The minimum absolute atomic E-state index is 0.0708. The van der Waals surface area contributed by atoms with Crippen LogP contribution in [0.1, 0.15) is 25.3 Å². The topological polar surface area (TPSA) is 58.2 Å². The van der Waals surface area contributed by atoms with Gasteiger partial charge in [-0.3, -0.25) is 0 Å². The van der Waals surface area contributed by atoms with E-state index in [1.54, 1.807) is 19.1 Å². The summed E-state index contributed by atoms with van der Waals surface area (Å²) < 4.78 is 40.9. The molecule has 2 rings (SSSR count). The third kappa shape index (κ3) is 3.37. The van der Waals surface area contributed by atoms with Crippen LogP contribution >= 0.6 is 0 Å². The van der Waals surface area contributed by atoms with E-state index in [0.717, 1.165) is 25.9 Å². The van der Waals surface area contributed by atoms with Crippen molar-refractivity contribution in [3.05, 3.63) is 29.6 Å². The number of aryl methyl sites for hydroxylation is 1. The SMILES string of the molecule is Cc1cccc(S(=O)(=O)NCC2(C)CCNCC2)c1F. The zero-order valence-corrected chi connectivity index (χ0v) is 12.7. The Labute approximate surface area is 119 Å². The van der Waals surface area contributed by atoms with Crippen molar-refractivity contribution in [3.8, 4) is 0 Å². The first-order valence-electron chi connectivity index (χ1n) is 6.80. The lowest BCUT2D eigenvalue weighted by Gasteiger charge is -2.34. The first kappa shape index (κ1) is 15.4. The molecule has 1 aliphatic rings. The molecule has 0 unspecified atom stereocenters. The number of nitrogens with one attached hydrogen (secondary N) is 2. The van der Waals surface area contributed by atoms with Crippen LogP contribution in [0.15, 0.2) is 23.1 Å². The molecule has 20 heavy (non-hydrogen) atoms. The standard InChI is InChI=1S/C14H21FN2O2S/c1-11-4-3-5-12(13(11)15)20(18,19)17-10-14(2)6-8-16-9-7-14/h3-5,16-17H,6-10H2,1-2H3. The van der Waals surface area contributed by atoms with E-state index in [-0.39, 0.29) is 10.3 Å². The highest BCUT2D eigenvalue weighted by atomic mass is 32.2. The monoisotopic (exact) mass is 300 g/mol. The van der Waals surface area contributed by atoms with E-state index in [1.807, 2.05) is 0 Å². The van der Waals surface area contributed by atoms with E-state index < -0.39 is 15.8 Å². The Kier molecular flexibility index (Phi) is 4.46. The molecule has 1 saturated heterocycles. The largest absolute Gasteiger partial charge is 0.317 e. The highest BCUT2D eigenvalue weighted by Crippen LogP contribution is 2.27. The van der Waals surface area contributed by atoms with Gasteiger partial charge in [0, 0.05) is 6.54 Å². The molecule has 1 fully saturated rings. The summed E-state index contributed by atoms with van der Waals surface area (Å²) in [6, 6.07) is 4.41. The van der Waals surface area contributed by atoms with Crippen molar-refractivity contribution in [1.29, 1.82) is 0 Å². The maximum absolute atomic E-state index is 13.9. The lowest BCUT2D eigenvalue weighted by Crippen LogP contribution is -2.43. The molecule has 0 aromatic heterocycles. The normalized spacial score (nSPS) is 18.9. The molecule has 0 aliphatic carbocycles. The number of hydrogen-bond acceptors (Lipinski definition) is 3. The number of piperidine rings is 1. The number of sulfonamides is 1. The zero-order valence-electron chi connectivity index (χ0n) is 11.9. The van der Waals surface area contributed by atoms with Crippen molar-refractivity contribution in [3.63, 3.8) is 0 Å². The van der Waals surface area contributed by atoms with Gasteiger partial charge in [-0.1, -0.05) is 19.1 Å². The quantitative estimate of drug-likeness (QED) is 0.891. The molecule has 1 heterocycles. The predicted octanol–water partition coefficient (Wildman–Crippen LogP) is 1.80. The molecule has 6 heteroatoms. The Morgan fingerprint density at radius 3 is 2.65 bits per heavy atom. The van der Waals surface area contributed by atoms with Crippen LogP contribution in [-0.4, -0.2) is 28.1 Å². The van der Waals surface area contributed by atoms with Gasteiger partial charge in [-0.05, 0) is 49.9 Å². The molecule has 0 saturated carbocycles. The van der Waals surface area contributed by atoms with Crippen molar-refractivity contribution in [2.45, 2.75) is 31.6 Å². The van der Waals surface area contributed by atoms with Gasteiger partial charge in [0.2, 0.25) is 10.0 Å². The summed E-state index contributed by atoms with van der Waals surface area (Å²) in [6.07, 6.45) is 1.82. The first-order valence-corrected chi connectivity index (χ1v) is 8.28. The fourth-order valence-electron chi connectivity index (χ4n) is 2.38. The maximum atomic E-state index is 13.9. The second-order valence-electron chi connectivity index (χ2n) is 5.77. The van der Waals surface area contributed by atoms with Crippen LogP contribution in [0.4, 0.5) is 4.39 Å². The molecule has 112 valence electrons. The minimum atomic E-state index is -3.80. The van der Waals surface area contributed by atoms with Crippen molar-refractivity contribution in [2.24, 2.45) is 5.41 Å². The first-order chi connectivity index (χ1) is 9.34. The van der Waals surface area contributed by atoms with E-state index >= 15 is 0 Å². The minimum Gasteiger partial charge on any atom is -0.317 e. The molecule has 0 radical (unpaired) electrons. The third-order valence-electron chi connectivity index (χ3n) is 3.95. The molecule has 0 bridgehead atoms. The van der Waals surface area contributed by atoms with E-state index in [2.05, 4.69) is 17.0 Å². The second-order valence-corrected chi connectivity index (χ2v) is 7.51. The Balaban J connectivity index is 2.13. The number of rotatable bonds is 4. The van der Waals surface area contributed by atoms with Crippen LogP contribution < -0.4 is 10.0 Å². The van der Waals surface area contributed by atoms with Gasteiger partial charge in [0.25, 0.3) is 0 Å². The predicted molar refractivity (Wildman–Crippen MR) is 76.5 cm³/mol. The number of benzene rings is 1. The van der Waals surface area contributed by atoms with Crippen LogP contribution in [0.2, 0.25) is 0 Å². The smallest absolute Gasteiger partial charge is 0.243 e. The summed E-state index contributed by atoms with van der Waals surface area (Å²) in [5, 5.41) is 3.25. The summed E-state index contributed by atoms with van der Waals surface area (Å²) in [7, 11) is -3.80. The van der Waals surface area contributed by atoms with Crippen molar-refractivity contribution < 1.29 is 12.8 Å². The maximum Gasteiger partial charge on any atom is 0.243 e. The van der Waals surface area contributed by atoms with Gasteiger partial charge >= 0.3 is 0 Å². The molecule has 2 N–H and O–H groups in total. The Morgan fingerprint density at radius 2 is 2.00 bits per heavy atom. The van der Waals surface area contributed by atoms with Gasteiger partial charge in [-0.15, -0.1) is 0 Å². The molecular weight excluding hydrogens is 279 g/mol. The van der Waals surface area contributed by atoms with Gasteiger partial charge in [0.15, 0.2) is 0 Å². The molecule has 1 aliphatic heterocycles. The van der Waals surface area contributed by atoms with Crippen LogP contribution in [0.3, 0.4) is 0 Å². The molecule has 0 spiro atoms. The van der Waals surface area contributed by atoms with Gasteiger partial charge in [0.1, 0.15) is 10.7 Å². The Morgan fingerprint density at radius 1 is 1.35 bits per heavy atom. The van der Waals surface area contributed by atoms with Gasteiger partial charge in [0.05, 0.1) is 0 Å². The van der Waals surface area contributed by atoms with Crippen molar-refractivity contribution in [1.82, 2.24) is 10.0 Å². The van der Waals surface area contributed by atoms with Crippen LogP contribution in [0, 0.1) is 18.2 Å². The van der Waals surface area contributed by atoms with Crippen LogP contribution in [-0.2, 0) is 10.0 Å². The van der Waals surface area contributed by atoms with Gasteiger partial charge in [-0.25, -0.2) is 17.5 Å². The van der Waals surface area contributed by atoms with E-state index in [4.69, 9.17) is 0 Å². The van der Waals surface area contributed by atoms with E-state index in [0.29, 0.717) is 12.1 Å². The van der Waals surface area contributed by atoms with Crippen molar-refractivity contribution >= 4 is 10.0 Å². The molecule has 1 aromatic carbocycles. The van der Waals surface area contributed by atoms with Gasteiger partial charge in [-0.2, -0.15) is 0 Å². The lowest BCUT2D eigenvalue weighted by atomic mass is 9.81. The summed E-state index contributed by atoms with van der Waals surface area (Å²) in [5.41, 5.74) is 0.263. The van der Waals surface area contributed by atoms with Gasteiger partial charge < -0.3 is 5.32 Å². The summed E-state index contributed by atoms with van der Waals surface area (Å²) in [4.78, 5) is -0.268. The Hall–Kier alpha value is -0.980. The van der Waals surface area contributed by atoms with Crippen LogP contribution in [0.25, 0.3) is 0 Å². The Bertz CT molecular complexity index is 581. The third-order valence-corrected chi connectivity index (χ3v) is 5.36. The molecule has 0 amide bonds. The molecule has 1 aromatic rings. The molecule has 0 atom stereocenters. The number of halogens is 1. The number of hydrogen-bond donors (Lipinski definition) is 2. The molecule has 4 nitrogen and oxygen atoms in total.